The summed E-state index contributed by atoms with van der Waals surface area (Å²) in [7, 11) is 0. The molecule has 1 N–H and O–H groups in total. The molecular weight excluding hydrogens is 335 g/mol. The minimum absolute atomic E-state index is 0.137. The molecule has 0 aromatic heterocycles. The number of hydrogen-bond donors (Lipinski definition) is 1. The summed E-state index contributed by atoms with van der Waals surface area (Å²) in [6.07, 6.45) is -3.63. The van der Waals surface area contributed by atoms with E-state index in [4.69, 9.17) is 4.74 Å². The number of alkyl halides is 3. The van der Waals surface area contributed by atoms with Crippen LogP contribution in [0.3, 0.4) is 0 Å². The van der Waals surface area contributed by atoms with Crippen LogP contribution in [0.5, 0.6) is 0 Å². The molecule has 1 unspecified atom stereocenters. The highest BCUT2D eigenvalue weighted by Gasteiger charge is 2.44. The number of benzene rings is 1. The molecule has 138 valence electrons. The number of rotatable bonds is 2. The summed E-state index contributed by atoms with van der Waals surface area (Å²) in [4.78, 5) is 24.9. The number of ketones is 1. The number of alkyl carbamates (subject to hydrolysis) is 1. The third-order valence-corrected chi connectivity index (χ3v) is 4.08. The number of halogens is 3. The number of carbonyl (C=O) groups is 2. The maximum absolute atomic E-state index is 13.0. The molecule has 7 heteroatoms. The standard InChI is InChI=1S/C18H22F3NO3/c1-16(2,3)25-15(24)22-17(10-5-4-9-14(17)23)12-7-6-8-13(11-12)18(19,20)21/h6-8,11H,4-5,9-10H2,1-3H3,(H,22,24). The van der Waals surface area contributed by atoms with Crippen LogP contribution >= 0.6 is 0 Å². The minimum Gasteiger partial charge on any atom is -0.444 e. The lowest BCUT2D eigenvalue weighted by atomic mass is 9.75. The molecule has 1 aromatic rings. The normalized spacial score (nSPS) is 21.8. The van der Waals surface area contributed by atoms with E-state index in [1.807, 2.05) is 0 Å². The summed E-state index contributed by atoms with van der Waals surface area (Å²) in [6, 6.07) is 4.56. The van der Waals surface area contributed by atoms with Gasteiger partial charge in [-0.05, 0) is 57.7 Å². The van der Waals surface area contributed by atoms with E-state index in [-0.39, 0.29) is 24.2 Å². The number of ether oxygens (including phenoxy) is 1. The van der Waals surface area contributed by atoms with E-state index in [2.05, 4.69) is 5.32 Å². The second-order valence-corrected chi connectivity index (χ2v) is 7.24. The van der Waals surface area contributed by atoms with E-state index < -0.39 is 29.0 Å². The third-order valence-electron chi connectivity index (χ3n) is 4.08. The van der Waals surface area contributed by atoms with Crippen molar-refractivity contribution < 1.29 is 27.5 Å². The lowest BCUT2D eigenvalue weighted by Crippen LogP contribution is -2.54. The fraction of sp³-hybridized carbons (Fsp3) is 0.556. The quantitative estimate of drug-likeness (QED) is 0.844. The Bertz CT molecular complexity index is 664. The molecule has 1 fully saturated rings. The van der Waals surface area contributed by atoms with Crippen LogP contribution in [0.2, 0.25) is 0 Å². The molecule has 0 aliphatic heterocycles. The molecule has 0 bridgehead atoms. The molecule has 1 aliphatic rings. The van der Waals surface area contributed by atoms with Crippen LogP contribution in [0.1, 0.15) is 57.6 Å². The number of amides is 1. The molecular formula is C18H22F3NO3. The molecule has 0 spiro atoms. The largest absolute Gasteiger partial charge is 0.444 e. The van der Waals surface area contributed by atoms with Crippen LogP contribution < -0.4 is 5.32 Å². The average molecular weight is 357 g/mol. The van der Waals surface area contributed by atoms with Gasteiger partial charge in [0.2, 0.25) is 0 Å². The number of carbonyl (C=O) groups excluding carboxylic acids is 2. The van der Waals surface area contributed by atoms with Gasteiger partial charge in [0.05, 0.1) is 5.56 Å². The first kappa shape index (κ1) is 19.3. The van der Waals surface area contributed by atoms with Gasteiger partial charge in [-0.25, -0.2) is 4.79 Å². The molecule has 2 rings (SSSR count). The second-order valence-electron chi connectivity index (χ2n) is 7.24. The molecule has 1 aromatic carbocycles. The van der Waals surface area contributed by atoms with Crippen molar-refractivity contribution in [1.82, 2.24) is 5.32 Å². The Balaban J connectivity index is 2.43. The second kappa shape index (κ2) is 6.69. The SMILES string of the molecule is CC(C)(C)OC(=O)NC1(c2cccc(C(F)(F)F)c2)CCCCC1=O. The van der Waals surface area contributed by atoms with Crippen molar-refractivity contribution in [3.63, 3.8) is 0 Å². The van der Waals surface area contributed by atoms with Gasteiger partial charge < -0.3 is 10.1 Å². The average Bonchev–Trinajstić information content (AvgIpc) is 2.47. The Hall–Kier alpha value is -2.05. The Morgan fingerprint density at radius 3 is 2.44 bits per heavy atom. The summed E-state index contributed by atoms with van der Waals surface area (Å²) >= 11 is 0. The summed E-state index contributed by atoms with van der Waals surface area (Å²) in [5, 5.41) is 2.56. The van der Waals surface area contributed by atoms with Gasteiger partial charge >= 0.3 is 12.3 Å². The zero-order chi connectivity index (χ0) is 18.9. The van der Waals surface area contributed by atoms with Crippen LogP contribution in [0.4, 0.5) is 18.0 Å². The monoisotopic (exact) mass is 357 g/mol. The third kappa shape index (κ3) is 4.52. The van der Waals surface area contributed by atoms with Crippen molar-refractivity contribution in [2.45, 2.75) is 63.8 Å². The first-order valence-corrected chi connectivity index (χ1v) is 8.16. The summed E-state index contributed by atoms with van der Waals surface area (Å²) in [5.74, 6) is -0.302. The predicted octanol–water partition coefficient (Wildman–Crippen LogP) is 4.57. The van der Waals surface area contributed by atoms with Crippen LogP contribution in [0.25, 0.3) is 0 Å². The smallest absolute Gasteiger partial charge is 0.416 e. The van der Waals surface area contributed by atoms with Crippen LogP contribution in [-0.4, -0.2) is 17.5 Å². The van der Waals surface area contributed by atoms with E-state index in [0.717, 1.165) is 12.1 Å². The Morgan fingerprint density at radius 2 is 1.88 bits per heavy atom. The number of Topliss-reactive ketones (excluding diaryl/α,β-unsaturated/α-hetero) is 1. The highest BCUT2D eigenvalue weighted by Crippen LogP contribution is 2.38. The summed E-state index contributed by atoms with van der Waals surface area (Å²) in [6.45, 7) is 5.02. The zero-order valence-corrected chi connectivity index (χ0v) is 14.5. The zero-order valence-electron chi connectivity index (χ0n) is 14.5. The molecule has 0 saturated heterocycles. The van der Waals surface area contributed by atoms with Gasteiger partial charge in [-0.15, -0.1) is 0 Å². The van der Waals surface area contributed by atoms with Crippen molar-refractivity contribution in [2.24, 2.45) is 0 Å². The van der Waals surface area contributed by atoms with E-state index >= 15 is 0 Å². The maximum atomic E-state index is 13.0. The lowest BCUT2D eigenvalue weighted by molar-refractivity contribution is -0.138. The lowest BCUT2D eigenvalue weighted by Gasteiger charge is -2.37. The van der Waals surface area contributed by atoms with Gasteiger partial charge in [-0.3, -0.25) is 4.79 Å². The molecule has 25 heavy (non-hydrogen) atoms. The van der Waals surface area contributed by atoms with E-state index in [1.54, 1.807) is 20.8 Å². The molecule has 4 nitrogen and oxygen atoms in total. The predicted molar refractivity (Wildman–Crippen MR) is 86.0 cm³/mol. The highest BCUT2D eigenvalue weighted by atomic mass is 19.4. The van der Waals surface area contributed by atoms with Gasteiger partial charge in [-0.1, -0.05) is 12.1 Å². The highest BCUT2D eigenvalue weighted by molar-refractivity contribution is 5.93. The Morgan fingerprint density at radius 1 is 1.20 bits per heavy atom. The van der Waals surface area contributed by atoms with Crippen molar-refractivity contribution in [1.29, 1.82) is 0 Å². The minimum atomic E-state index is -4.53. The van der Waals surface area contributed by atoms with Crippen molar-refractivity contribution >= 4 is 11.9 Å². The van der Waals surface area contributed by atoms with Gasteiger partial charge in [-0.2, -0.15) is 13.2 Å². The fourth-order valence-electron chi connectivity index (χ4n) is 2.98. The summed E-state index contributed by atoms with van der Waals surface area (Å²) < 4.78 is 44.3. The first-order chi connectivity index (χ1) is 11.4. The number of hydrogen-bond acceptors (Lipinski definition) is 3. The fourth-order valence-corrected chi connectivity index (χ4v) is 2.98. The van der Waals surface area contributed by atoms with Gasteiger partial charge in [0.15, 0.2) is 5.78 Å². The molecule has 1 amide bonds. The molecule has 1 saturated carbocycles. The van der Waals surface area contributed by atoms with Crippen molar-refractivity contribution in [2.75, 3.05) is 0 Å². The van der Waals surface area contributed by atoms with Gasteiger partial charge in [0.25, 0.3) is 0 Å². The van der Waals surface area contributed by atoms with Crippen molar-refractivity contribution in [3.8, 4) is 0 Å². The van der Waals surface area contributed by atoms with E-state index in [9.17, 15) is 22.8 Å². The van der Waals surface area contributed by atoms with Crippen LogP contribution in [0.15, 0.2) is 24.3 Å². The van der Waals surface area contributed by atoms with E-state index in [1.165, 1.54) is 12.1 Å². The van der Waals surface area contributed by atoms with Crippen molar-refractivity contribution in [3.05, 3.63) is 35.4 Å². The molecule has 0 radical (unpaired) electrons. The Kier molecular flexibility index (Phi) is 5.16. The first-order valence-electron chi connectivity index (χ1n) is 8.16. The van der Waals surface area contributed by atoms with Crippen LogP contribution in [-0.2, 0) is 21.2 Å². The number of nitrogens with one attached hydrogen (secondary N) is 1. The van der Waals surface area contributed by atoms with Gasteiger partial charge in [0.1, 0.15) is 11.1 Å². The summed E-state index contributed by atoms with van der Waals surface area (Å²) in [5.41, 5.74) is -2.98. The van der Waals surface area contributed by atoms with E-state index in [0.29, 0.717) is 12.8 Å². The maximum Gasteiger partial charge on any atom is 0.416 e. The molecule has 0 heterocycles. The molecule has 1 atom stereocenters. The Labute approximate surface area is 144 Å². The van der Waals surface area contributed by atoms with Crippen LogP contribution in [0, 0.1) is 0 Å². The topological polar surface area (TPSA) is 55.4 Å². The molecule has 1 aliphatic carbocycles. The van der Waals surface area contributed by atoms with Gasteiger partial charge in [0, 0.05) is 6.42 Å².